The number of benzene rings is 1. The molecule has 0 radical (unpaired) electrons. The summed E-state index contributed by atoms with van der Waals surface area (Å²) < 4.78 is 1.04. The van der Waals surface area contributed by atoms with Crippen LogP contribution in [0.25, 0.3) is 10.1 Å². The Morgan fingerprint density at radius 1 is 1.32 bits per heavy atom. The van der Waals surface area contributed by atoms with Gasteiger partial charge in [-0.15, -0.1) is 11.3 Å². The summed E-state index contributed by atoms with van der Waals surface area (Å²) in [6.45, 7) is 4.91. The molecule has 0 saturated carbocycles. The van der Waals surface area contributed by atoms with E-state index in [0.717, 1.165) is 28.5 Å². The van der Waals surface area contributed by atoms with E-state index in [1.807, 2.05) is 24.3 Å². The Labute approximate surface area is 117 Å². The maximum atomic E-state index is 11.4. The number of carbonyl (C=O) groups is 1. The van der Waals surface area contributed by atoms with Gasteiger partial charge in [0.05, 0.1) is 0 Å². The number of aromatic carboxylic acids is 1. The van der Waals surface area contributed by atoms with Crippen LogP contribution in [0.5, 0.6) is 0 Å². The van der Waals surface area contributed by atoms with Crippen LogP contribution in [0.15, 0.2) is 24.3 Å². The van der Waals surface area contributed by atoms with Gasteiger partial charge in [0.25, 0.3) is 0 Å². The van der Waals surface area contributed by atoms with Gasteiger partial charge in [-0.05, 0) is 29.9 Å². The smallest absolute Gasteiger partial charge is 0.346 e. The maximum absolute atomic E-state index is 11.4. The Balaban J connectivity index is 2.34. The van der Waals surface area contributed by atoms with Gasteiger partial charge in [0, 0.05) is 17.3 Å². The van der Waals surface area contributed by atoms with Crippen molar-refractivity contribution in [2.75, 3.05) is 0 Å². The molecule has 4 heteroatoms. The quantitative estimate of drug-likeness (QED) is 0.842. The van der Waals surface area contributed by atoms with E-state index in [1.165, 1.54) is 11.3 Å². The number of nitrogens with one attached hydrogen (secondary N) is 1. The first kappa shape index (κ1) is 14.0. The second-order valence-corrected chi connectivity index (χ2v) is 5.66. The second kappa shape index (κ2) is 6.17. The molecule has 0 fully saturated rings. The molecule has 19 heavy (non-hydrogen) atoms. The molecule has 0 spiro atoms. The van der Waals surface area contributed by atoms with Gasteiger partial charge in [-0.25, -0.2) is 4.79 Å². The first-order chi connectivity index (χ1) is 9.17. The van der Waals surface area contributed by atoms with Gasteiger partial charge in [-0.2, -0.15) is 0 Å². The van der Waals surface area contributed by atoms with Crippen molar-refractivity contribution in [2.45, 2.75) is 39.3 Å². The van der Waals surface area contributed by atoms with Crippen molar-refractivity contribution in [3.63, 3.8) is 0 Å². The highest BCUT2D eigenvalue weighted by molar-refractivity contribution is 7.21. The third-order valence-corrected chi connectivity index (χ3v) is 4.65. The summed E-state index contributed by atoms with van der Waals surface area (Å²) in [5.74, 6) is -0.831. The first-order valence-corrected chi connectivity index (χ1v) is 7.46. The van der Waals surface area contributed by atoms with Crippen LogP contribution in [0.4, 0.5) is 0 Å². The average Bonchev–Trinajstić information content (AvgIpc) is 2.79. The third-order valence-electron chi connectivity index (χ3n) is 3.45. The lowest BCUT2D eigenvalue weighted by Gasteiger charge is -2.14. The van der Waals surface area contributed by atoms with Crippen LogP contribution < -0.4 is 5.32 Å². The van der Waals surface area contributed by atoms with Gasteiger partial charge in [-0.3, -0.25) is 0 Å². The van der Waals surface area contributed by atoms with Crippen LogP contribution in [0.3, 0.4) is 0 Å². The molecule has 0 aliphatic rings. The Hall–Kier alpha value is -1.39. The Bertz CT molecular complexity index is 573. The molecule has 0 amide bonds. The molecule has 1 aromatic carbocycles. The molecule has 102 valence electrons. The molecule has 2 rings (SSSR count). The molecule has 0 unspecified atom stereocenters. The van der Waals surface area contributed by atoms with E-state index in [0.29, 0.717) is 17.5 Å². The van der Waals surface area contributed by atoms with Gasteiger partial charge < -0.3 is 10.4 Å². The van der Waals surface area contributed by atoms with Crippen molar-refractivity contribution < 1.29 is 9.90 Å². The Kier molecular flexibility index (Phi) is 4.56. The fourth-order valence-electron chi connectivity index (χ4n) is 2.27. The topological polar surface area (TPSA) is 49.3 Å². The van der Waals surface area contributed by atoms with Crippen molar-refractivity contribution in [1.29, 1.82) is 0 Å². The predicted molar refractivity (Wildman–Crippen MR) is 80.0 cm³/mol. The number of rotatable bonds is 6. The van der Waals surface area contributed by atoms with Gasteiger partial charge in [-0.1, -0.05) is 32.0 Å². The van der Waals surface area contributed by atoms with E-state index >= 15 is 0 Å². The van der Waals surface area contributed by atoms with Gasteiger partial charge >= 0.3 is 5.97 Å². The normalized spacial score (nSPS) is 11.3. The van der Waals surface area contributed by atoms with Crippen molar-refractivity contribution in [1.82, 2.24) is 5.32 Å². The van der Waals surface area contributed by atoms with Crippen LogP contribution in [-0.4, -0.2) is 17.1 Å². The summed E-state index contributed by atoms with van der Waals surface area (Å²) >= 11 is 1.36. The van der Waals surface area contributed by atoms with Gasteiger partial charge in [0.2, 0.25) is 0 Å². The predicted octanol–water partition coefficient (Wildman–Crippen LogP) is 3.88. The van der Waals surface area contributed by atoms with Gasteiger partial charge in [0.15, 0.2) is 0 Å². The molecule has 2 N–H and O–H groups in total. The molecular weight excluding hydrogens is 258 g/mol. The SMILES string of the molecule is CCC(CC)NCc1c(C(=O)O)sc2ccccc12. The zero-order valence-corrected chi connectivity index (χ0v) is 12.1. The number of hydrogen-bond acceptors (Lipinski definition) is 3. The minimum absolute atomic E-state index is 0.445. The van der Waals surface area contributed by atoms with E-state index < -0.39 is 5.97 Å². The Morgan fingerprint density at radius 2 is 2.00 bits per heavy atom. The molecule has 2 aromatic rings. The summed E-state index contributed by atoms with van der Waals surface area (Å²) in [4.78, 5) is 11.8. The number of carboxylic acid groups (broad SMARTS) is 1. The molecule has 3 nitrogen and oxygen atoms in total. The summed E-state index contributed by atoms with van der Waals surface area (Å²) in [5.41, 5.74) is 0.917. The standard InChI is InChI=1S/C15H19NO2S/c1-3-10(4-2)16-9-12-11-7-5-6-8-13(11)19-14(12)15(17)18/h5-8,10,16H,3-4,9H2,1-2H3,(H,17,18). The highest BCUT2D eigenvalue weighted by atomic mass is 32.1. The highest BCUT2D eigenvalue weighted by Crippen LogP contribution is 2.31. The van der Waals surface area contributed by atoms with E-state index in [9.17, 15) is 9.90 Å². The second-order valence-electron chi connectivity index (χ2n) is 4.61. The van der Waals surface area contributed by atoms with E-state index in [2.05, 4.69) is 19.2 Å². The van der Waals surface area contributed by atoms with Crippen molar-refractivity contribution in [3.05, 3.63) is 34.7 Å². The van der Waals surface area contributed by atoms with Crippen molar-refractivity contribution >= 4 is 27.4 Å². The number of hydrogen-bond donors (Lipinski definition) is 2. The van der Waals surface area contributed by atoms with E-state index in [-0.39, 0.29) is 0 Å². The Morgan fingerprint density at radius 3 is 2.63 bits per heavy atom. The molecule has 0 bridgehead atoms. The number of carboxylic acids is 1. The first-order valence-electron chi connectivity index (χ1n) is 6.64. The minimum Gasteiger partial charge on any atom is -0.477 e. The fourth-order valence-corrected chi connectivity index (χ4v) is 3.33. The van der Waals surface area contributed by atoms with Crippen LogP contribution in [0, 0.1) is 0 Å². The molecule has 0 aliphatic heterocycles. The largest absolute Gasteiger partial charge is 0.477 e. The number of thiophene rings is 1. The average molecular weight is 277 g/mol. The number of fused-ring (bicyclic) bond motifs is 1. The van der Waals surface area contributed by atoms with E-state index in [1.54, 1.807) is 0 Å². The fraction of sp³-hybridized carbons (Fsp3) is 0.400. The van der Waals surface area contributed by atoms with Crippen molar-refractivity contribution in [2.24, 2.45) is 0 Å². The van der Waals surface area contributed by atoms with E-state index in [4.69, 9.17) is 0 Å². The summed E-state index contributed by atoms with van der Waals surface area (Å²) in [6, 6.07) is 8.33. The molecule has 0 atom stereocenters. The summed E-state index contributed by atoms with van der Waals surface area (Å²) in [6.07, 6.45) is 2.11. The van der Waals surface area contributed by atoms with Crippen LogP contribution >= 0.6 is 11.3 Å². The lowest BCUT2D eigenvalue weighted by atomic mass is 10.1. The van der Waals surface area contributed by atoms with Gasteiger partial charge in [0.1, 0.15) is 4.88 Å². The molecule has 0 saturated heterocycles. The lowest BCUT2D eigenvalue weighted by Crippen LogP contribution is -2.27. The third kappa shape index (κ3) is 2.96. The van der Waals surface area contributed by atoms with Crippen LogP contribution in [0.1, 0.15) is 41.9 Å². The monoisotopic (exact) mass is 277 g/mol. The highest BCUT2D eigenvalue weighted by Gasteiger charge is 2.17. The van der Waals surface area contributed by atoms with Crippen LogP contribution in [-0.2, 0) is 6.54 Å². The molecule has 0 aliphatic carbocycles. The van der Waals surface area contributed by atoms with Crippen LogP contribution in [0.2, 0.25) is 0 Å². The molecular formula is C15H19NO2S. The zero-order valence-electron chi connectivity index (χ0n) is 11.3. The minimum atomic E-state index is -0.831. The molecule has 1 aromatic heterocycles. The lowest BCUT2D eigenvalue weighted by molar-refractivity contribution is 0.0701. The summed E-state index contributed by atoms with van der Waals surface area (Å²) in [5, 5.41) is 13.8. The zero-order chi connectivity index (χ0) is 13.8. The summed E-state index contributed by atoms with van der Waals surface area (Å²) in [7, 11) is 0. The van der Waals surface area contributed by atoms with Crippen molar-refractivity contribution in [3.8, 4) is 0 Å². The molecule has 1 heterocycles. The maximum Gasteiger partial charge on any atom is 0.346 e.